The van der Waals surface area contributed by atoms with E-state index in [2.05, 4.69) is 10.1 Å². The molecular formula is C11H15N3O3. The van der Waals surface area contributed by atoms with Gasteiger partial charge in [-0.2, -0.15) is 0 Å². The highest BCUT2D eigenvalue weighted by atomic mass is 16.5. The first-order chi connectivity index (χ1) is 8.11. The number of ether oxygens (including phenoxy) is 1. The SMILES string of the molecule is NC(=O)OCCNC(=O)[C@@H](N)c1ccccc1. The summed E-state index contributed by atoms with van der Waals surface area (Å²) in [6.07, 6.45) is -0.869. The summed E-state index contributed by atoms with van der Waals surface area (Å²) < 4.78 is 4.46. The fourth-order valence-corrected chi connectivity index (χ4v) is 1.25. The Morgan fingerprint density at radius 2 is 1.94 bits per heavy atom. The Balaban J connectivity index is 2.35. The molecule has 17 heavy (non-hydrogen) atoms. The fourth-order valence-electron chi connectivity index (χ4n) is 1.25. The second-order valence-electron chi connectivity index (χ2n) is 3.35. The van der Waals surface area contributed by atoms with Gasteiger partial charge >= 0.3 is 6.09 Å². The maximum Gasteiger partial charge on any atom is 0.404 e. The summed E-state index contributed by atoms with van der Waals surface area (Å²) in [7, 11) is 0. The average Bonchev–Trinajstić information content (AvgIpc) is 2.34. The molecule has 92 valence electrons. The van der Waals surface area contributed by atoms with E-state index in [-0.39, 0.29) is 19.1 Å². The Labute approximate surface area is 98.9 Å². The van der Waals surface area contributed by atoms with Gasteiger partial charge in [0, 0.05) is 0 Å². The predicted octanol–water partition coefficient (Wildman–Crippen LogP) is -0.102. The topological polar surface area (TPSA) is 107 Å². The monoisotopic (exact) mass is 237 g/mol. The van der Waals surface area contributed by atoms with Crippen molar-refractivity contribution in [2.45, 2.75) is 6.04 Å². The second kappa shape index (κ2) is 6.49. The maximum atomic E-state index is 11.6. The summed E-state index contributed by atoms with van der Waals surface area (Å²) >= 11 is 0. The van der Waals surface area contributed by atoms with Gasteiger partial charge < -0.3 is 21.5 Å². The van der Waals surface area contributed by atoms with Gasteiger partial charge in [0.05, 0.1) is 6.54 Å². The highest BCUT2D eigenvalue weighted by Gasteiger charge is 2.14. The molecule has 6 nitrogen and oxygen atoms in total. The van der Waals surface area contributed by atoms with E-state index in [1.54, 1.807) is 24.3 Å². The van der Waals surface area contributed by atoms with Crippen molar-refractivity contribution in [1.29, 1.82) is 0 Å². The molecule has 0 aromatic heterocycles. The van der Waals surface area contributed by atoms with E-state index in [0.717, 1.165) is 5.56 Å². The molecule has 0 bridgehead atoms. The standard InChI is InChI=1S/C11H15N3O3/c12-9(8-4-2-1-3-5-8)10(15)14-6-7-17-11(13)16/h1-5,9H,6-7,12H2,(H2,13,16)(H,14,15)/t9-/m0/s1. The molecule has 0 saturated carbocycles. The molecule has 0 aliphatic carbocycles. The minimum Gasteiger partial charge on any atom is -0.448 e. The first-order valence-electron chi connectivity index (χ1n) is 5.11. The zero-order valence-corrected chi connectivity index (χ0v) is 9.26. The lowest BCUT2D eigenvalue weighted by Gasteiger charge is -2.12. The normalized spacial score (nSPS) is 11.6. The molecule has 0 unspecified atom stereocenters. The zero-order chi connectivity index (χ0) is 12.7. The van der Waals surface area contributed by atoms with Crippen molar-refractivity contribution in [2.75, 3.05) is 13.2 Å². The molecular weight excluding hydrogens is 222 g/mol. The lowest BCUT2D eigenvalue weighted by atomic mass is 10.1. The third-order valence-corrected chi connectivity index (χ3v) is 2.09. The summed E-state index contributed by atoms with van der Waals surface area (Å²) in [5, 5.41) is 2.54. The molecule has 0 radical (unpaired) electrons. The number of hydrogen-bond acceptors (Lipinski definition) is 4. The van der Waals surface area contributed by atoms with E-state index < -0.39 is 12.1 Å². The molecule has 0 aliphatic rings. The molecule has 0 heterocycles. The van der Waals surface area contributed by atoms with Crippen LogP contribution < -0.4 is 16.8 Å². The molecule has 1 aromatic rings. The number of rotatable bonds is 5. The van der Waals surface area contributed by atoms with Gasteiger partial charge in [-0.25, -0.2) is 4.79 Å². The van der Waals surface area contributed by atoms with Gasteiger partial charge in [-0.3, -0.25) is 4.79 Å². The highest BCUT2D eigenvalue weighted by Crippen LogP contribution is 2.08. The van der Waals surface area contributed by atoms with E-state index in [4.69, 9.17) is 11.5 Å². The molecule has 0 spiro atoms. The number of carbonyl (C=O) groups is 2. The van der Waals surface area contributed by atoms with E-state index in [1.807, 2.05) is 6.07 Å². The van der Waals surface area contributed by atoms with Gasteiger partial charge in [0.2, 0.25) is 5.91 Å². The first kappa shape index (κ1) is 13.0. The number of benzene rings is 1. The van der Waals surface area contributed by atoms with E-state index in [1.165, 1.54) is 0 Å². The van der Waals surface area contributed by atoms with Crippen molar-refractivity contribution in [1.82, 2.24) is 5.32 Å². The summed E-state index contributed by atoms with van der Waals surface area (Å²) in [4.78, 5) is 21.8. The third-order valence-electron chi connectivity index (χ3n) is 2.09. The number of nitrogens with one attached hydrogen (secondary N) is 1. The Morgan fingerprint density at radius 1 is 1.29 bits per heavy atom. The molecule has 6 heteroatoms. The Morgan fingerprint density at radius 3 is 2.53 bits per heavy atom. The van der Waals surface area contributed by atoms with Crippen LogP contribution in [0.1, 0.15) is 11.6 Å². The van der Waals surface area contributed by atoms with Crippen LogP contribution in [0.2, 0.25) is 0 Å². The molecule has 0 aliphatic heterocycles. The van der Waals surface area contributed by atoms with Gasteiger partial charge in [-0.1, -0.05) is 30.3 Å². The summed E-state index contributed by atoms with van der Waals surface area (Å²) in [5.74, 6) is -0.329. The maximum absolute atomic E-state index is 11.6. The van der Waals surface area contributed by atoms with Gasteiger partial charge in [-0.05, 0) is 5.56 Å². The van der Waals surface area contributed by atoms with E-state index in [0.29, 0.717) is 0 Å². The zero-order valence-electron chi connectivity index (χ0n) is 9.26. The van der Waals surface area contributed by atoms with Gasteiger partial charge in [0.15, 0.2) is 0 Å². The molecule has 2 amide bonds. The molecule has 0 fully saturated rings. The number of amides is 2. The van der Waals surface area contributed by atoms with Gasteiger partial charge in [-0.15, -0.1) is 0 Å². The van der Waals surface area contributed by atoms with Crippen LogP contribution in [0.15, 0.2) is 30.3 Å². The minimum absolute atomic E-state index is 0.0303. The average molecular weight is 237 g/mol. The van der Waals surface area contributed by atoms with Crippen molar-refractivity contribution < 1.29 is 14.3 Å². The van der Waals surface area contributed by atoms with Crippen LogP contribution in [-0.4, -0.2) is 25.2 Å². The number of nitrogens with two attached hydrogens (primary N) is 2. The Hall–Kier alpha value is -2.08. The molecule has 1 aromatic carbocycles. The molecule has 0 saturated heterocycles. The van der Waals surface area contributed by atoms with Crippen LogP contribution in [-0.2, 0) is 9.53 Å². The Kier molecular flexibility index (Phi) is 4.96. The summed E-state index contributed by atoms with van der Waals surface area (Å²) in [5.41, 5.74) is 11.2. The first-order valence-corrected chi connectivity index (χ1v) is 5.11. The molecule has 1 rings (SSSR count). The van der Waals surface area contributed by atoms with Crippen LogP contribution in [0.5, 0.6) is 0 Å². The minimum atomic E-state index is -0.869. The second-order valence-corrected chi connectivity index (χ2v) is 3.35. The van der Waals surface area contributed by atoms with Crippen molar-refractivity contribution in [3.05, 3.63) is 35.9 Å². The summed E-state index contributed by atoms with van der Waals surface area (Å²) in [6, 6.07) is 8.25. The van der Waals surface area contributed by atoms with Crippen LogP contribution in [0, 0.1) is 0 Å². The fraction of sp³-hybridized carbons (Fsp3) is 0.273. The largest absolute Gasteiger partial charge is 0.448 e. The Bertz CT molecular complexity index is 381. The smallest absolute Gasteiger partial charge is 0.404 e. The number of carbonyl (C=O) groups excluding carboxylic acids is 2. The van der Waals surface area contributed by atoms with Crippen molar-refractivity contribution in [2.24, 2.45) is 11.5 Å². The van der Waals surface area contributed by atoms with Crippen LogP contribution in [0.4, 0.5) is 4.79 Å². The van der Waals surface area contributed by atoms with E-state index in [9.17, 15) is 9.59 Å². The van der Waals surface area contributed by atoms with Crippen molar-refractivity contribution >= 4 is 12.0 Å². The lowest BCUT2D eigenvalue weighted by Crippen LogP contribution is -2.36. The van der Waals surface area contributed by atoms with Crippen LogP contribution in [0.3, 0.4) is 0 Å². The number of hydrogen-bond donors (Lipinski definition) is 3. The third kappa shape index (κ3) is 4.52. The highest BCUT2D eigenvalue weighted by molar-refractivity contribution is 5.82. The van der Waals surface area contributed by atoms with Crippen LogP contribution >= 0.6 is 0 Å². The number of primary amides is 1. The lowest BCUT2D eigenvalue weighted by molar-refractivity contribution is -0.122. The quantitative estimate of drug-likeness (QED) is 0.621. The van der Waals surface area contributed by atoms with Gasteiger partial charge in [0.1, 0.15) is 12.6 Å². The molecule has 5 N–H and O–H groups in total. The summed E-state index contributed by atoms with van der Waals surface area (Å²) in [6.45, 7) is 0.213. The van der Waals surface area contributed by atoms with Crippen LogP contribution in [0.25, 0.3) is 0 Å². The van der Waals surface area contributed by atoms with Crippen molar-refractivity contribution in [3.63, 3.8) is 0 Å². The van der Waals surface area contributed by atoms with E-state index >= 15 is 0 Å². The van der Waals surface area contributed by atoms with Crippen molar-refractivity contribution in [3.8, 4) is 0 Å². The molecule has 1 atom stereocenters. The predicted molar refractivity (Wildman–Crippen MR) is 61.9 cm³/mol. The van der Waals surface area contributed by atoms with Gasteiger partial charge in [0.25, 0.3) is 0 Å².